The van der Waals surface area contributed by atoms with Gasteiger partial charge < -0.3 is 5.11 Å². The Morgan fingerprint density at radius 3 is 2.50 bits per heavy atom. The minimum atomic E-state index is -0.189. The molecule has 18 heavy (non-hydrogen) atoms. The molecule has 0 amide bonds. The van der Waals surface area contributed by atoms with E-state index in [9.17, 15) is 9.90 Å². The first-order valence-electron chi connectivity index (χ1n) is 6.73. The highest BCUT2D eigenvalue weighted by molar-refractivity contribution is 6.00. The van der Waals surface area contributed by atoms with Crippen molar-refractivity contribution in [1.29, 1.82) is 0 Å². The lowest BCUT2D eigenvalue weighted by atomic mass is 9.97. The second kappa shape index (κ2) is 6.12. The summed E-state index contributed by atoms with van der Waals surface area (Å²) in [5.74, 6) is 0.203. The van der Waals surface area contributed by atoms with E-state index in [1.807, 2.05) is 30.3 Å². The molecule has 98 valence electrons. The number of ketones is 1. The van der Waals surface area contributed by atoms with Gasteiger partial charge in [0, 0.05) is 18.7 Å². The number of nitrogens with zero attached hydrogens (tertiary/aromatic N) is 1. The molecule has 1 aromatic rings. The van der Waals surface area contributed by atoms with Gasteiger partial charge in [0.2, 0.25) is 0 Å². The maximum atomic E-state index is 12.5. The summed E-state index contributed by atoms with van der Waals surface area (Å²) in [5.41, 5.74) is 0.787. The van der Waals surface area contributed by atoms with Crippen molar-refractivity contribution in [1.82, 2.24) is 4.90 Å². The van der Waals surface area contributed by atoms with Crippen molar-refractivity contribution >= 4 is 5.78 Å². The first kappa shape index (κ1) is 13.2. The van der Waals surface area contributed by atoms with Gasteiger partial charge in [-0.3, -0.25) is 9.69 Å². The summed E-state index contributed by atoms with van der Waals surface area (Å²) in [6, 6.07) is 9.45. The molecule has 1 fully saturated rings. The monoisotopic (exact) mass is 247 g/mol. The molecule has 0 aromatic heterocycles. The smallest absolute Gasteiger partial charge is 0.179 e. The van der Waals surface area contributed by atoms with E-state index < -0.39 is 0 Å². The van der Waals surface area contributed by atoms with Gasteiger partial charge in [0.05, 0.1) is 12.1 Å². The van der Waals surface area contributed by atoms with Gasteiger partial charge in [0.1, 0.15) is 0 Å². The number of hydrogen-bond acceptors (Lipinski definition) is 3. The molecule has 1 aliphatic rings. The number of rotatable bonds is 4. The summed E-state index contributed by atoms with van der Waals surface area (Å²) in [4.78, 5) is 14.7. The van der Waals surface area contributed by atoms with Crippen LogP contribution in [0.1, 0.15) is 36.5 Å². The van der Waals surface area contributed by atoms with Gasteiger partial charge in [0.15, 0.2) is 5.78 Å². The predicted molar refractivity (Wildman–Crippen MR) is 71.7 cm³/mol. The van der Waals surface area contributed by atoms with Crippen LogP contribution in [0.15, 0.2) is 30.3 Å². The van der Waals surface area contributed by atoms with Gasteiger partial charge in [0.25, 0.3) is 0 Å². The van der Waals surface area contributed by atoms with Crippen molar-refractivity contribution in [3.63, 3.8) is 0 Å². The molecule has 2 rings (SSSR count). The summed E-state index contributed by atoms with van der Waals surface area (Å²) >= 11 is 0. The Kier molecular flexibility index (Phi) is 4.50. The molecule has 1 saturated heterocycles. The minimum Gasteiger partial charge on any atom is -0.393 e. The van der Waals surface area contributed by atoms with Gasteiger partial charge in [-0.15, -0.1) is 0 Å². The number of Topliss-reactive ketones (excluding diaryl/α,β-unsaturated/α-hetero) is 1. The molecule has 0 spiro atoms. The van der Waals surface area contributed by atoms with Gasteiger partial charge in [-0.25, -0.2) is 0 Å². The quantitative estimate of drug-likeness (QED) is 0.828. The van der Waals surface area contributed by atoms with Crippen LogP contribution in [0.3, 0.4) is 0 Å². The van der Waals surface area contributed by atoms with Crippen LogP contribution in [-0.2, 0) is 0 Å². The molecule has 3 nitrogen and oxygen atoms in total. The van der Waals surface area contributed by atoms with Crippen LogP contribution in [0.5, 0.6) is 0 Å². The van der Waals surface area contributed by atoms with E-state index in [0.717, 1.165) is 37.9 Å². The maximum absolute atomic E-state index is 12.5. The Balaban J connectivity index is 2.07. The molecule has 3 heteroatoms. The standard InChI is InChI=1S/C15H21NO2/c1-2-14(16-10-8-13(17)9-11-16)15(18)12-6-4-3-5-7-12/h3-7,13-14,17H,2,8-11H2,1H3. The van der Waals surface area contributed by atoms with Crippen LogP contribution in [0, 0.1) is 0 Å². The second-order valence-electron chi connectivity index (χ2n) is 4.92. The number of aliphatic hydroxyl groups is 1. The summed E-state index contributed by atoms with van der Waals surface area (Å²) in [5, 5.41) is 9.53. The van der Waals surface area contributed by atoms with Crippen LogP contribution in [0.2, 0.25) is 0 Å². The zero-order valence-electron chi connectivity index (χ0n) is 10.9. The molecule has 0 bridgehead atoms. The highest BCUT2D eigenvalue weighted by Gasteiger charge is 2.28. The Bertz CT molecular complexity index is 383. The molecule has 1 aliphatic heterocycles. The Morgan fingerprint density at radius 2 is 1.94 bits per heavy atom. The van der Waals surface area contributed by atoms with Crippen molar-refractivity contribution < 1.29 is 9.90 Å². The third-order valence-corrected chi connectivity index (χ3v) is 3.69. The summed E-state index contributed by atoms with van der Waals surface area (Å²) in [6.45, 7) is 3.69. The number of carbonyl (C=O) groups excluding carboxylic acids is 1. The van der Waals surface area contributed by atoms with Crippen LogP contribution in [0.4, 0.5) is 0 Å². The molecule has 1 aromatic carbocycles. The van der Waals surface area contributed by atoms with Crippen molar-refractivity contribution in [2.75, 3.05) is 13.1 Å². The fourth-order valence-corrected chi connectivity index (χ4v) is 2.60. The lowest BCUT2D eigenvalue weighted by Gasteiger charge is -2.35. The SMILES string of the molecule is CCC(C(=O)c1ccccc1)N1CCC(O)CC1. The zero-order chi connectivity index (χ0) is 13.0. The minimum absolute atomic E-state index is 0.0418. The first-order chi connectivity index (χ1) is 8.72. The predicted octanol–water partition coefficient (Wildman–Crippen LogP) is 2.10. The van der Waals surface area contributed by atoms with Crippen molar-refractivity contribution in [3.8, 4) is 0 Å². The molecule has 0 aliphatic carbocycles. The van der Waals surface area contributed by atoms with Crippen molar-refractivity contribution in [2.45, 2.75) is 38.3 Å². The third kappa shape index (κ3) is 2.98. The zero-order valence-corrected chi connectivity index (χ0v) is 10.9. The number of benzene rings is 1. The Labute approximate surface area is 108 Å². The molecule has 1 atom stereocenters. The number of piperidine rings is 1. The molecular formula is C15H21NO2. The average Bonchev–Trinajstić information content (AvgIpc) is 2.42. The number of aliphatic hydroxyl groups excluding tert-OH is 1. The highest BCUT2D eigenvalue weighted by Crippen LogP contribution is 2.18. The van der Waals surface area contributed by atoms with E-state index in [1.165, 1.54) is 0 Å². The Morgan fingerprint density at radius 1 is 1.33 bits per heavy atom. The van der Waals surface area contributed by atoms with Gasteiger partial charge in [-0.2, -0.15) is 0 Å². The molecule has 0 saturated carbocycles. The third-order valence-electron chi connectivity index (χ3n) is 3.69. The van der Waals surface area contributed by atoms with Crippen molar-refractivity contribution in [2.24, 2.45) is 0 Å². The normalized spacial score (nSPS) is 19.7. The molecule has 1 unspecified atom stereocenters. The molecular weight excluding hydrogens is 226 g/mol. The molecule has 0 radical (unpaired) electrons. The van der Waals surface area contributed by atoms with Gasteiger partial charge in [-0.05, 0) is 19.3 Å². The van der Waals surface area contributed by atoms with Crippen LogP contribution >= 0.6 is 0 Å². The topological polar surface area (TPSA) is 40.5 Å². The lowest BCUT2D eigenvalue weighted by molar-refractivity contribution is 0.0507. The summed E-state index contributed by atoms with van der Waals surface area (Å²) in [7, 11) is 0. The van der Waals surface area contributed by atoms with Crippen LogP contribution < -0.4 is 0 Å². The molecule has 1 N–H and O–H groups in total. The lowest BCUT2D eigenvalue weighted by Crippen LogP contribution is -2.46. The van der Waals surface area contributed by atoms with Crippen molar-refractivity contribution in [3.05, 3.63) is 35.9 Å². The number of likely N-dealkylation sites (tertiary alicyclic amines) is 1. The van der Waals surface area contributed by atoms with E-state index in [1.54, 1.807) is 0 Å². The van der Waals surface area contributed by atoms with E-state index in [0.29, 0.717) is 0 Å². The average molecular weight is 247 g/mol. The maximum Gasteiger partial charge on any atom is 0.179 e. The van der Waals surface area contributed by atoms with Gasteiger partial charge >= 0.3 is 0 Å². The van der Waals surface area contributed by atoms with Gasteiger partial charge in [-0.1, -0.05) is 37.3 Å². The fraction of sp³-hybridized carbons (Fsp3) is 0.533. The highest BCUT2D eigenvalue weighted by atomic mass is 16.3. The van der Waals surface area contributed by atoms with E-state index in [2.05, 4.69) is 11.8 Å². The largest absolute Gasteiger partial charge is 0.393 e. The van der Waals surface area contributed by atoms with E-state index in [-0.39, 0.29) is 17.9 Å². The van der Waals surface area contributed by atoms with Crippen LogP contribution in [-0.4, -0.2) is 41.0 Å². The summed E-state index contributed by atoms with van der Waals surface area (Å²) < 4.78 is 0. The van der Waals surface area contributed by atoms with E-state index in [4.69, 9.17) is 0 Å². The Hall–Kier alpha value is -1.19. The number of hydrogen-bond donors (Lipinski definition) is 1. The second-order valence-corrected chi connectivity index (χ2v) is 4.92. The van der Waals surface area contributed by atoms with E-state index >= 15 is 0 Å². The fourth-order valence-electron chi connectivity index (χ4n) is 2.60. The number of carbonyl (C=O) groups is 1. The van der Waals surface area contributed by atoms with Crippen LogP contribution in [0.25, 0.3) is 0 Å². The summed E-state index contributed by atoms with van der Waals surface area (Å²) in [6.07, 6.45) is 2.19. The first-order valence-corrected chi connectivity index (χ1v) is 6.73. The molecule has 1 heterocycles.